The molecule has 1 aromatic heterocycles. The molecule has 2 aliphatic heterocycles. The zero-order valence-corrected chi connectivity index (χ0v) is 20.5. The largest absolute Gasteiger partial charge is 0.368 e. The third-order valence-corrected chi connectivity index (χ3v) is 7.95. The Morgan fingerprint density at radius 2 is 2.09 bits per heavy atom. The van der Waals surface area contributed by atoms with Gasteiger partial charge in [-0.1, -0.05) is 12.8 Å². The summed E-state index contributed by atoms with van der Waals surface area (Å²) < 4.78 is 28.4. The quantitative estimate of drug-likeness (QED) is 0.309. The normalized spacial score (nSPS) is 27.3. The molecule has 33 heavy (non-hydrogen) atoms. The number of nitrogens with zero attached hydrogens (tertiary/aromatic N) is 3. The van der Waals surface area contributed by atoms with Crippen molar-refractivity contribution in [3.63, 3.8) is 0 Å². The number of ether oxygens (including phenoxy) is 2. The molecular formula is C22H31N4O6P. The van der Waals surface area contributed by atoms with Gasteiger partial charge in [0, 0.05) is 18.3 Å². The van der Waals surface area contributed by atoms with Crippen molar-refractivity contribution < 1.29 is 18.5 Å². The maximum absolute atomic E-state index is 12.6. The van der Waals surface area contributed by atoms with E-state index in [0.29, 0.717) is 13.0 Å². The van der Waals surface area contributed by atoms with E-state index in [2.05, 4.69) is 49.3 Å². The predicted octanol–water partition coefficient (Wildman–Crippen LogP) is 2.26. The third kappa shape index (κ3) is 4.93. The van der Waals surface area contributed by atoms with Crippen LogP contribution in [0.2, 0.25) is 0 Å². The Morgan fingerprint density at radius 1 is 1.39 bits per heavy atom. The van der Waals surface area contributed by atoms with Gasteiger partial charge >= 0.3 is 5.69 Å². The standard InChI is InChI=1S/C22H31N4O6P/c1-7-16-12-25(21(28)24-19(16)27)20-17-18(22(8-2,31-20)13-29-17)32-33(30-11-9-10-23)26(14(3)4)15(5)6/h1,12,14-15,17-18,20H,8-9,11,13H2,2-6H3,(H,24,27,28)/t17?,18-,20+,22+,33?/m0/s1. The van der Waals surface area contributed by atoms with Crippen LogP contribution in [-0.2, 0) is 18.5 Å². The molecule has 3 rings (SSSR count). The topological polar surface area (TPSA) is 119 Å². The zero-order valence-electron chi connectivity index (χ0n) is 19.6. The Hall–Kier alpha value is -2.04. The van der Waals surface area contributed by atoms with E-state index in [1.54, 1.807) is 0 Å². The molecule has 0 amide bonds. The van der Waals surface area contributed by atoms with Gasteiger partial charge < -0.3 is 18.5 Å². The number of aromatic amines is 1. The summed E-state index contributed by atoms with van der Waals surface area (Å²) >= 11 is 0. The molecule has 180 valence electrons. The Bertz CT molecular complexity index is 1030. The van der Waals surface area contributed by atoms with Crippen molar-refractivity contribution in [2.45, 2.75) is 83.6 Å². The summed E-state index contributed by atoms with van der Waals surface area (Å²) in [5.74, 6) is 2.28. The lowest BCUT2D eigenvalue weighted by Crippen LogP contribution is -2.43. The van der Waals surface area contributed by atoms with E-state index in [4.69, 9.17) is 30.2 Å². The molecule has 0 aliphatic carbocycles. The molecule has 11 heteroatoms. The van der Waals surface area contributed by atoms with Gasteiger partial charge in [-0.25, -0.2) is 9.46 Å². The van der Waals surface area contributed by atoms with Gasteiger partial charge in [0.05, 0.1) is 25.7 Å². The van der Waals surface area contributed by atoms with E-state index >= 15 is 0 Å². The van der Waals surface area contributed by atoms with E-state index in [1.807, 2.05) is 6.92 Å². The van der Waals surface area contributed by atoms with E-state index < -0.39 is 43.8 Å². The molecule has 2 unspecified atom stereocenters. The second kappa shape index (κ2) is 10.5. The average Bonchev–Trinajstić information content (AvgIpc) is 3.25. The first-order valence-electron chi connectivity index (χ1n) is 11.1. The molecule has 0 aromatic carbocycles. The lowest BCUT2D eigenvalue weighted by molar-refractivity contribution is -0.175. The molecule has 2 bridgehead atoms. The number of nitriles is 1. The van der Waals surface area contributed by atoms with Gasteiger partial charge in [-0.15, -0.1) is 6.42 Å². The Morgan fingerprint density at radius 3 is 2.67 bits per heavy atom. The summed E-state index contributed by atoms with van der Waals surface area (Å²) in [6, 6.07) is 2.36. The lowest BCUT2D eigenvalue weighted by Gasteiger charge is -2.38. The molecule has 0 spiro atoms. The highest BCUT2D eigenvalue weighted by Gasteiger charge is 2.63. The molecule has 1 aromatic rings. The van der Waals surface area contributed by atoms with E-state index in [9.17, 15) is 9.59 Å². The molecular weight excluding hydrogens is 447 g/mol. The summed E-state index contributed by atoms with van der Waals surface area (Å²) in [6.45, 7) is 10.7. The number of H-pyrrole nitrogens is 1. The smallest absolute Gasteiger partial charge is 0.330 e. The van der Waals surface area contributed by atoms with Gasteiger partial charge in [-0.2, -0.15) is 5.26 Å². The number of aromatic nitrogens is 2. The van der Waals surface area contributed by atoms with Gasteiger partial charge in [0.25, 0.3) is 14.1 Å². The molecule has 0 radical (unpaired) electrons. The van der Waals surface area contributed by atoms with Crippen molar-refractivity contribution in [3.8, 4) is 18.4 Å². The van der Waals surface area contributed by atoms with Crippen LogP contribution in [0.5, 0.6) is 0 Å². The summed E-state index contributed by atoms with van der Waals surface area (Å²) in [5.41, 5.74) is -2.03. The number of rotatable bonds is 10. The van der Waals surface area contributed by atoms with Crippen LogP contribution in [0.25, 0.3) is 0 Å². The Labute approximate surface area is 194 Å². The fourth-order valence-corrected chi connectivity index (χ4v) is 6.08. The van der Waals surface area contributed by atoms with Gasteiger partial charge in [-0.3, -0.25) is 14.3 Å². The molecule has 3 heterocycles. The minimum absolute atomic E-state index is 0.0249. The number of fused-ring (bicyclic) bond motifs is 2. The fraction of sp³-hybridized carbons (Fsp3) is 0.682. The van der Waals surface area contributed by atoms with Gasteiger partial charge in [0.15, 0.2) is 6.23 Å². The molecule has 0 saturated carbocycles. The van der Waals surface area contributed by atoms with Crippen molar-refractivity contribution >= 4 is 8.53 Å². The van der Waals surface area contributed by atoms with E-state index in [-0.39, 0.29) is 30.7 Å². The summed E-state index contributed by atoms with van der Waals surface area (Å²) in [5, 5.41) is 8.95. The minimum atomic E-state index is -1.54. The van der Waals surface area contributed by atoms with Crippen LogP contribution in [0.4, 0.5) is 0 Å². The molecule has 5 atom stereocenters. The first-order chi connectivity index (χ1) is 15.7. The highest BCUT2D eigenvalue weighted by molar-refractivity contribution is 7.44. The average molecular weight is 478 g/mol. The maximum Gasteiger partial charge on any atom is 0.330 e. The lowest BCUT2D eigenvalue weighted by atomic mass is 9.96. The molecule has 2 aliphatic rings. The molecule has 2 saturated heterocycles. The van der Waals surface area contributed by atoms with Gasteiger partial charge in [-0.05, 0) is 34.1 Å². The monoisotopic (exact) mass is 478 g/mol. The summed E-state index contributed by atoms with van der Waals surface area (Å²) in [6.07, 6.45) is 5.61. The Kier molecular flexibility index (Phi) is 8.13. The fourth-order valence-electron chi connectivity index (χ4n) is 4.27. The van der Waals surface area contributed by atoms with Crippen LogP contribution < -0.4 is 11.2 Å². The number of nitrogens with one attached hydrogen (secondary N) is 1. The van der Waals surface area contributed by atoms with Crippen molar-refractivity contribution in [3.05, 3.63) is 32.6 Å². The van der Waals surface area contributed by atoms with Gasteiger partial charge in [0.1, 0.15) is 23.4 Å². The van der Waals surface area contributed by atoms with Crippen molar-refractivity contribution in [2.24, 2.45) is 0 Å². The Balaban J connectivity index is 1.95. The van der Waals surface area contributed by atoms with E-state index in [0.717, 1.165) is 0 Å². The SMILES string of the molecule is C#Cc1cn([C@@H]2O[C@]3(CC)COC2[C@@H]3OP(OCCC#N)N(C(C)C)C(C)C)c(=O)[nH]c1=O. The second-order valence-corrected chi connectivity index (χ2v) is 10.0. The van der Waals surface area contributed by atoms with Crippen LogP contribution in [0.15, 0.2) is 15.8 Å². The van der Waals surface area contributed by atoms with Crippen LogP contribution in [-0.4, -0.2) is 57.3 Å². The van der Waals surface area contributed by atoms with Crippen LogP contribution in [0, 0.1) is 23.7 Å². The van der Waals surface area contributed by atoms with Crippen molar-refractivity contribution in [1.29, 1.82) is 5.26 Å². The first-order valence-corrected chi connectivity index (χ1v) is 12.2. The zero-order chi connectivity index (χ0) is 24.3. The number of terminal acetylenes is 1. The second-order valence-electron chi connectivity index (χ2n) is 8.63. The maximum atomic E-state index is 12.6. The molecule has 2 fully saturated rings. The van der Waals surface area contributed by atoms with E-state index in [1.165, 1.54) is 10.8 Å². The third-order valence-electron chi connectivity index (χ3n) is 5.84. The predicted molar refractivity (Wildman–Crippen MR) is 122 cm³/mol. The number of hydrogen-bond acceptors (Lipinski definition) is 8. The molecule has 10 nitrogen and oxygen atoms in total. The van der Waals surface area contributed by atoms with Crippen molar-refractivity contribution in [1.82, 2.24) is 14.2 Å². The number of hydrogen-bond donors (Lipinski definition) is 1. The van der Waals surface area contributed by atoms with Gasteiger partial charge in [0.2, 0.25) is 0 Å². The molecule has 1 N–H and O–H groups in total. The first kappa shape index (κ1) is 25.6. The highest BCUT2D eigenvalue weighted by Crippen LogP contribution is 2.55. The van der Waals surface area contributed by atoms with Crippen LogP contribution in [0.1, 0.15) is 59.3 Å². The minimum Gasteiger partial charge on any atom is -0.368 e. The highest BCUT2D eigenvalue weighted by atomic mass is 31.2. The summed E-state index contributed by atoms with van der Waals surface area (Å²) in [4.78, 5) is 26.7. The van der Waals surface area contributed by atoms with Crippen LogP contribution in [0.3, 0.4) is 0 Å². The van der Waals surface area contributed by atoms with Crippen molar-refractivity contribution in [2.75, 3.05) is 13.2 Å². The summed E-state index contributed by atoms with van der Waals surface area (Å²) in [7, 11) is -1.54. The van der Waals surface area contributed by atoms with Crippen LogP contribution >= 0.6 is 8.53 Å².